The second-order valence-electron chi connectivity index (χ2n) is 9.19. The van der Waals surface area contributed by atoms with Crippen molar-refractivity contribution < 1.29 is 18.3 Å². The summed E-state index contributed by atoms with van der Waals surface area (Å²) in [5.74, 6) is 0.144. The number of benzene rings is 3. The SMILES string of the molecule is CCOC(=O)C1=C(c2ccccc2)N=c2s/c(=C\c3ccc(-c4ccc(Br)cc4)o3)c(=O)n2C1c1ccc(F)cc1. The van der Waals surface area contributed by atoms with Gasteiger partial charge in [-0.1, -0.05) is 81.9 Å². The number of halogens is 2. The van der Waals surface area contributed by atoms with Gasteiger partial charge >= 0.3 is 5.97 Å². The van der Waals surface area contributed by atoms with Crippen molar-refractivity contribution in [1.82, 2.24) is 4.57 Å². The standard InChI is InChI=1S/C32H22BrFN2O4S/c1-2-39-31(38)27-28(20-6-4-3-5-7-20)35-32-36(29(27)21-10-14-23(34)15-11-21)30(37)26(41-32)18-24-16-17-25(40-24)19-8-12-22(33)13-9-19/h3-18,29H,2H2,1H3/b26-18-. The number of ether oxygens (including phenoxy) is 1. The molecule has 9 heteroatoms. The first-order valence-electron chi connectivity index (χ1n) is 12.8. The fourth-order valence-corrected chi connectivity index (χ4v) is 5.98. The molecule has 0 saturated carbocycles. The lowest BCUT2D eigenvalue weighted by molar-refractivity contribution is -0.138. The van der Waals surface area contributed by atoms with Gasteiger partial charge in [0.1, 0.15) is 17.3 Å². The molecule has 0 aliphatic carbocycles. The van der Waals surface area contributed by atoms with Crippen LogP contribution in [-0.4, -0.2) is 17.1 Å². The van der Waals surface area contributed by atoms with Gasteiger partial charge in [0.15, 0.2) is 4.80 Å². The predicted molar refractivity (Wildman–Crippen MR) is 159 cm³/mol. The Kier molecular flexibility index (Phi) is 7.38. The van der Waals surface area contributed by atoms with Crippen molar-refractivity contribution in [3.63, 3.8) is 0 Å². The Morgan fingerprint density at radius 2 is 1.76 bits per heavy atom. The van der Waals surface area contributed by atoms with E-state index < -0.39 is 17.8 Å². The minimum atomic E-state index is -0.877. The quantitative estimate of drug-likeness (QED) is 0.213. The molecule has 0 amide bonds. The fourth-order valence-electron chi connectivity index (χ4n) is 4.73. The maximum Gasteiger partial charge on any atom is 0.338 e. The van der Waals surface area contributed by atoms with E-state index in [1.165, 1.54) is 28.0 Å². The van der Waals surface area contributed by atoms with E-state index in [2.05, 4.69) is 15.9 Å². The molecule has 5 aromatic rings. The number of furan rings is 1. The van der Waals surface area contributed by atoms with E-state index in [0.717, 1.165) is 10.0 Å². The third-order valence-electron chi connectivity index (χ3n) is 6.59. The zero-order valence-corrected chi connectivity index (χ0v) is 24.1. The lowest BCUT2D eigenvalue weighted by atomic mass is 9.93. The number of rotatable bonds is 6. The first-order valence-corrected chi connectivity index (χ1v) is 14.4. The number of hydrogen-bond acceptors (Lipinski definition) is 6. The van der Waals surface area contributed by atoms with E-state index in [4.69, 9.17) is 14.1 Å². The van der Waals surface area contributed by atoms with Gasteiger partial charge < -0.3 is 9.15 Å². The van der Waals surface area contributed by atoms with E-state index in [9.17, 15) is 14.0 Å². The molecule has 1 aliphatic heterocycles. The summed E-state index contributed by atoms with van der Waals surface area (Å²) < 4.78 is 28.2. The van der Waals surface area contributed by atoms with E-state index in [1.54, 1.807) is 31.2 Å². The monoisotopic (exact) mass is 628 g/mol. The van der Waals surface area contributed by atoms with Crippen molar-refractivity contribution in [2.75, 3.05) is 6.61 Å². The van der Waals surface area contributed by atoms with Gasteiger partial charge in [-0.3, -0.25) is 9.36 Å². The molecule has 1 atom stereocenters. The maximum atomic E-state index is 13.9. The molecule has 3 heterocycles. The summed E-state index contributed by atoms with van der Waals surface area (Å²) in [4.78, 5) is 32.6. The van der Waals surface area contributed by atoms with Crippen LogP contribution in [0.5, 0.6) is 0 Å². The number of fused-ring (bicyclic) bond motifs is 1. The number of hydrogen-bond donors (Lipinski definition) is 0. The van der Waals surface area contributed by atoms with Crippen molar-refractivity contribution in [2.24, 2.45) is 4.99 Å². The van der Waals surface area contributed by atoms with Gasteiger partial charge in [-0.15, -0.1) is 0 Å². The Labute approximate surface area is 246 Å². The molecule has 0 N–H and O–H groups in total. The second-order valence-corrected chi connectivity index (χ2v) is 11.1. The van der Waals surface area contributed by atoms with E-state index in [1.807, 2.05) is 60.7 Å². The van der Waals surface area contributed by atoms with Gasteiger partial charge in [0.25, 0.3) is 5.56 Å². The van der Waals surface area contributed by atoms with E-state index in [-0.39, 0.29) is 17.7 Å². The third kappa shape index (κ3) is 5.26. The van der Waals surface area contributed by atoms with Gasteiger partial charge in [0, 0.05) is 21.7 Å². The topological polar surface area (TPSA) is 73.8 Å². The molecule has 0 fully saturated rings. The highest BCUT2D eigenvalue weighted by Crippen LogP contribution is 2.35. The Morgan fingerprint density at radius 1 is 1.02 bits per heavy atom. The van der Waals surface area contributed by atoms with Crippen LogP contribution in [0.2, 0.25) is 0 Å². The van der Waals surface area contributed by atoms with Crippen LogP contribution in [-0.2, 0) is 9.53 Å². The number of esters is 1. The number of carbonyl (C=O) groups is 1. The van der Waals surface area contributed by atoms with E-state index in [0.29, 0.717) is 37.7 Å². The minimum Gasteiger partial charge on any atom is -0.463 e. The largest absolute Gasteiger partial charge is 0.463 e. The molecule has 6 rings (SSSR count). The van der Waals surface area contributed by atoms with Crippen LogP contribution in [0.15, 0.2) is 115 Å². The lowest BCUT2D eigenvalue weighted by Gasteiger charge is -2.25. The summed E-state index contributed by atoms with van der Waals surface area (Å²) in [6.07, 6.45) is 1.67. The summed E-state index contributed by atoms with van der Waals surface area (Å²) in [5, 5.41) is 0. The van der Waals surface area contributed by atoms with Crippen molar-refractivity contribution >= 4 is 45.0 Å². The normalized spacial score (nSPS) is 15.0. The first kappa shape index (κ1) is 26.9. The van der Waals surface area contributed by atoms with Gasteiger partial charge in [0.2, 0.25) is 0 Å². The molecule has 204 valence electrons. The van der Waals surface area contributed by atoms with Crippen LogP contribution in [0.4, 0.5) is 4.39 Å². The second kappa shape index (κ2) is 11.3. The molecular formula is C32H22BrFN2O4S. The smallest absolute Gasteiger partial charge is 0.338 e. The average molecular weight is 630 g/mol. The van der Waals surface area contributed by atoms with Gasteiger partial charge in [-0.25, -0.2) is 14.2 Å². The minimum absolute atomic E-state index is 0.143. The molecular weight excluding hydrogens is 607 g/mol. The van der Waals surface area contributed by atoms with Crippen LogP contribution in [0.1, 0.15) is 29.9 Å². The third-order valence-corrected chi connectivity index (χ3v) is 8.10. The highest BCUT2D eigenvalue weighted by molar-refractivity contribution is 9.10. The highest BCUT2D eigenvalue weighted by Gasteiger charge is 2.35. The lowest BCUT2D eigenvalue weighted by Crippen LogP contribution is -2.40. The van der Waals surface area contributed by atoms with Crippen LogP contribution in [0.25, 0.3) is 23.1 Å². The molecule has 0 spiro atoms. The molecule has 3 aromatic carbocycles. The molecule has 0 saturated heterocycles. The van der Waals surface area contributed by atoms with Crippen molar-refractivity contribution in [3.05, 3.63) is 143 Å². The first-order chi connectivity index (χ1) is 19.9. The number of nitrogens with zero attached hydrogens (tertiary/aromatic N) is 2. The van der Waals surface area contributed by atoms with Crippen molar-refractivity contribution in [2.45, 2.75) is 13.0 Å². The van der Waals surface area contributed by atoms with Gasteiger partial charge in [0.05, 0.1) is 28.5 Å². The number of carbonyl (C=O) groups excluding carboxylic acids is 1. The van der Waals surface area contributed by atoms with Crippen molar-refractivity contribution in [1.29, 1.82) is 0 Å². The molecule has 0 bridgehead atoms. The van der Waals surface area contributed by atoms with Crippen LogP contribution < -0.4 is 14.9 Å². The van der Waals surface area contributed by atoms with Crippen LogP contribution in [0, 0.1) is 5.82 Å². The zero-order valence-electron chi connectivity index (χ0n) is 21.7. The molecule has 1 unspecified atom stereocenters. The van der Waals surface area contributed by atoms with Crippen LogP contribution in [0.3, 0.4) is 0 Å². The number of thiazole rings is 1. The summed E-state index contributed by atoms with van der Waals surface area (Å²) in [7, 11) is 0. The zero-order chi connectivity index (χ0) is 28.5. The number of aromatic nitrogens is 1. The van der Waals surface area contributed by atoms with Crippen LogP contribution >= 0.6 is 27.3 Å². The Balaban J connectivity index is 1.55. The molecule has 1 aliphatic rings. The molecule has 0 radical (unpaired) electrons. The summed E-state index contributed by atoms with van der Waals surface area (Å²) in [5.41, 5.74) is 2.42. The van der Waals surface area contributed by atoms with E-state index >= 15 is 0 Å². The highest BCUT2D eigenvalue weighted by atomic mass is 79.9. The van der Waals surface area contributed by atoms with Crippen molar-refractivity contribution in [3.8, 4) is 11.3 Å². The Bertz CT molecular complexity index is 1960. The molecule has 6 nitrogen and oxygen atoms in total. The van der Waals surface area contributed by atoms with Gasteiger partial charge in [-0.2, -0.15) is 0 Å². The Hall–Kier alpha value is -4.34. The summed E-state index contributed by atoms with van der Waals surface area (Å²) in [6, 6.07) is 25.5. The summed E-state index contributed by atoms with van der Waals surface area (Å²) >= 11 is 4.63. The average Bonchev–Trinajstić information content (AvgIpc) is 3.58. The van der Waals surface area contributed by atoms with Gasteiger partial charge in [-0.05, 0) is 48.9 Å². The molecule has 2 aromatic heterocycles. The molecule has 41 heavy (non-hydrogen) atoms. The fraction of sp³-hybridized carbons (Fsp3) is 0.0938. The summed E-state index contributed by atoms with van der Waals surface area (Å²) in [6.45, 7) is 1.86. The predicted octanol–water partition coefficient (Wildman–Crippen LogP) is 6.10. The maximum absolute atomic E-state index is 13.9. The Morgan fingerprint density at radius 3 is 2.46 bits per heavy atom.